The van der Waals surface area contributed by atoms with Crippen molar-refractivity contribution in [3.05, 3.63) is 0 Å². The number of hydrogen-bond acceptors (Lipinski definition) is 5. The number of carbonyl (C=O) groups excluding carboxylic acids is 1. The minimum absolute atomic E-state index is 0.0137. The highest BCUT2D eigenvalue weighted by molar-refractivity contribution is 5.90. The van der Waals surface area contributed by atoms with Crippen molar-refractivity contribution in [1.29, 1.82) is 0 Å². The molecule has 2 aliphatic rings. The molecule has 0 spiro atoms. The zero-order chi connectivity index (χ0) is 15.1. The maximum Gasteiger partial charge on any atom is 0.295 e. The summed E-state index contributed by atoms with van der Waals surface area (Å²) in [7, 11) is 6.25. The van der Waals surface area contributed by atoms with Crippen LogP contribution in [0.5, 0.6) is 0 Å². The maximum absolute atomic E-state index is 12.9. The second-order valence-corrected chi connectivity index (χ2v) is 6.25. The summed E-state index contributed by atoms with van der Waals surface area (Å²) in [5.41, 5.74) is -0.808. The minimum atomic E-state index is -1.32. The lowest BCUT2D eigenvalue weighted by Crippen LogP contribution is -2.54. The van der Waals surface area contributed by atoms with Gasteiger partial charge in [0.15, 0.2) is 0 Å². The summed E-state index contributed by atoms with van der Waals surface area (Å²) < 4.78 is 22.0. The van der Waals surface area contributed by atoms with Gasteiger partial charge in [-0.2, -0.15) is 0 Å². The van der Waals surface area contributed by atoms with Gasteiger partial charge in [0, 0.05) is 34.4 Å². The average Bonchev–Trinajstić information content (AvgIpc) is 2.87. The SMILES string of the molecule is CO[C@@H]1[C@H]2C[C@](C)(C(OC)(OC)OC)C(=O)[C@H]2C[C@H]1C. The number of ketones is 1. The van der Waals surface area contributed by atoms with E-state index in [0.29, 0.717) is 12.3 Å². The van der Waals surface area contributed by atoms with Gasteiger partial charge in [-0.3, -0.25) is 4.79 Å². The lowest BCUT2D eigenvalue weighted by Gasteiger charge is -2.42. The Morgan fingerprint density at radius 3 is 2.15 bits per heavy atom. The molecule has 0 heterocycles. The Hall–Kier alpha value is -0.490. The van der Waals surface area contributed by atoms with Crippen LogP contribution in [-0.4, -0.2) is 46.3 Å². The largest absolute Gasteiger partial charge is 0.381 e. The minimum Gasteiger partial charge on any atom is -0.381 e. The lowest BCUT2D eigenvalue weighted by molar-refractivity contribution is -0.394. The Morgan fingerprint density at radius 2 is 1.70 bits per heavy atom. The number of hydrogen-bond donors (Lipinski definition) is 0. The summed E-state index contributed by atoms with van der Waals surface area (Å²) in [4.78, 5) is 12.9. The van der Waals surface area contributed by atoms with E-state index in [9.17, 15) is 4.79 Å². The van der Waals surface area contributed by atoms with E-state index in [1.807, 2.05) is 6.92 Å². The van der Waals surface area contributed by atoms with Crippen molar-refractivity contribution < 1.29 is 23.7 Å². The predicted octanol–water partition coefficient (Wildman–Crippen LogP) is 1.85. The molecule has 0 aliphatic heterocycles. The molecule has 5 atom stereocenters. The molecule has 0 saturated heterocycles. The molecule has 2 saturated carbocycles. The van der Waals surface area contributed by atoms with Crippen molar-refractivity contribution in [3.8, 4) is 0 Å². The molecular weight excluding hydrogens is 260 g/mol. The third-order valence-electron chi connectivity index (χ3n) is 5.40. The van der Waals surface area contributed by atoms with E-state index < -0.39 is 11.4 Å². The summed E-state index contributed by atoms with van der Waals surface area (Å²) in [5.74, 6) is -0.521. The van der Waals surface area contributed by atoms with E-state index in [0.717, 1.165) is 6.42 Å². The monoisotopic (exact) mass is 286 g/mol. The Morgan fingerprint density at radius 1 is 1.15 bits per heavy atom. The van der Waals surface area contributed by atoms with Crippen LogP contribution in [0.3, 0.4) is 0 Å². The molecule has 0 aromatic heterocycles. The first-order valence-electron chi connectivity index (χ1n) is 7.13. The van der Waals surface area contributed by atoms with Crippen LogP contribution in [0.4, 0.5) is 0 Å². The van der Waals surface area contributed by atoms with Crippen LogP contribution in [0, 0.1) is 23.2 Å². The van der Waals surface area contributed by atoms with Gasteiger partial charge in [-0.1, -0.05) is 6.92 Å². The molecule has 0 aromatic rings. The van der Waals surface area contributed by atoms with E-state index in [1.165, 1.54) is 21.3 Å². The fourth-order valence-electron chi connectivity index (χ4n) is 4.51. The third kappa shape index (κ3) is 1.87. The van der Waals surface area contributed by atoms with Crippen molar-refractivity contribution >= 4 is 5.78 Å². The number of methoxy groups -OCH3 is 4. The number of carbonyl (C=O) groups is 1. The van der Waals surface area contributed by atoms with Crippen LogP contribution in [-0.2, 0) is 23.7 Å². The highest BCUT2D eigenvalue weighted by atomic mass is 16.9. The summed E-state index contributed by atoms with van der Waals surface area (Å²) in [6, 6.07) is 0. The third-order valence-corrected chi connectivity index (χ3v) is 5.40. The maximum atomic E-state index is 12.9. The molecule has 0 aromatic carbocycles. The molecule has 0 unspecified atom stereocenters. The zero-order valence-corrected chi connectivity index (χ0v) is 13.3. The molecule has 20 heavy (non-hydrogen) atoms. The van der Waals surface area contributed by atoms with Crippen molar-refractivity contribution in [2.75, 3.05) is 28.4 Å². The van der Waals surface area contributed by atoms with Crippen molar-refractivity contribution in [2.24, 2.45) is 23.2 Å². The summed E-state index contributed by atoms with van der Waals surface area (Å²) >= 11 is 0. The van der Waals surface area contributed by atoms with Crippen LogP contribution in [0.2, 0.25) is 0 Å². The van der Waals surface area contributed by atoms with Gasteiger partial charge >= 0.3 is 0 Å². The van der Waals surface area contributed by atoms with Gasteiger partial charge in [0.2, 0.25) is 0 Å². The zero-order valence-electron chi connectivity index (χ0n) is 13.3. The first-order valence-corrected chi connectivity index (χ1v) is 7.13. The van der Waals surface area contributed by atoms with Crippen molar-refractivity contribution in [3.63, 3.8) is 0 Å². The Labute approximate surface area is 120 Å². The molecule has 0 bridgehead atoms. The van der Waals surface area contributed by atoms with Crippen molar-refractivity contribution in [2.45, 2.75) is 38.8 Å². The summed E-state index contributed by atoms with van der Waals surface area (Å²) in [5, 5.41) is 0. The molecule has 2 rings (SSSR count). The van der Waals surface area contributed by atoms with Gasteiger partial charge in [0.25, 0.3) is 5.97 Å². The molecule has 2 fully saturated rings. The molecule has 0 amide bonds. The standard InChI is InChI=1S/C15H26O5/c1-9-7-10-11(12(9)17-3)8-14(2,13(10)16)15(18-4,19-5)20-6/h9-12H,7-8H2,1-6H3/t9-,10+,11+,12+,14+/m1/s1. The molecule has 0 radical (unpaired) electrons. The van der Waals surface area contributed by atoms with Gasteiger partial charge in [0.1, 0.15) is 11.2 Å². The molecular formula is C15H26O5. The fourth-order valence-corrected chi connectivity index (χ4v) is 4.51. The van der Waals surface area contributed by atoms with Gasteiger partial charge in [-0.05, 0) is 31.6 Å². The number of fused-ring (bicyclic) bond motifs is 1. The topological polar surface area (TPSA) is 54.0 Å². The van der Waals surface area contributed by atoms with Gasteiger partial charge in [-0.15, -0.1) is 0 Å². The molecule has 5 nitrogen and oxygen atoms in total. The highest BCUT2D eigenvalue weighted by Crippen LogP contribution is 2.57. The molecule has 2 aliphatic carbocycles. The van der Waals surface area contributed by atoms with E-state index in [-0.39, 0.29) is 23.7 Å². The normalized spacial score (nSPS) is 41.2. The highest BCUT2D eigenvalue weighted by Gasteiger charge is 2.66. The Kier molecular flexibility index (Phi) is 4.27. The van der Waals surface area contributed by atoms with Crippen molar-refractivity contribution in [1.82, 2.24) is 0 Å². The number of rotatable bonds is 5. The van der Waals surface area contributed by atoms with Crippen LogP contribution in [0.25, 0.3) is 0 Å². The lowest BCUT2D eigenvalue weighted by atomic mass is 9.80. The smallest absolute Gasteiger partial charge is 0.295 e. The molecule has 5 heteroatoms. The van der Waals surface area contributed by atoms with E-state index in [2.05, 4.69) is 6.92 Å². The first kappa shape index (κ1) is 15.9. The van der Waals surface area contributed by atoms with Gasteiger partial charge in [-0.25, -0.2) is 0 Å². The fraction of sp³-hybridized carbons (Fsp3) is 0.933. The number of Topliss-reactive ketones (excluding diaryl/α,β-unsaturated/α-hetero) is 1. The summed E-state index contributed by atoms with van der Waals surface area (Å²) in [6.07, 6.45) is 1.65. The van der Waals surface area contributed by atoms with Crippen LogP contribution in [0.1, 0.15) is 26.7 Å². The predicted molar refractivity (Wildman–Crippen MR) is 73.0 cm³/mol. The quantitative estimate of drug-likeness (QED) is 0.722. The second kappa shape index (κ2) is 5.37. The Bertz CT molecular complexity index is 370. The van der Waals surface area contributed by atoms with E-state index in [1.54, 1.807) is 7.11 Å². The molecule has 116 valence electrons. The second-order valence-electron chi connectivity index (χ2n) is 6.25. The Balaban J connectivity index is 2.35. The first-order chi connectivity index (χ1) is 9.40. The van der Waals surface area contributed by atoms with Gasteiger partial charge in [0.05, 0.1) is 6.10 Å². The van der Waals surface area contributed by atoms with E-state index in [4.69, 9.17) is 18.9 Å². The summed E-state index contributed by atoms with van der Waals surface area (Å²) in [6.45, 7) is 4.02. The molecule has 0 N–H and O–H groups in total. The van der Waals surface area contributed by atoms with Gasteiger partial charge < -0.3 is 18.9 Å². The van der Waals surface area contributed by atoms with Crippen LogP contribution < -0.4 is 0 Å². The van der Waals surface area contributed by atoms with Crippen LogP contribution in [0.15, 0.2) is 0 Å². The average molecular weight is 286 g/mol. The number of ether oxygens (including phenoxy) is 4. The van der Waals surface area contributed by atoms with Crippen LogP contribution >= 0.6 is 0 Å². The van der Waals surface area contributed by atoms with E-state index >= 15 is 0 Å².